The lowest BCUT2D eigenvalue weighted by Crippen LogP contribution is -2.40. The van der Waals surface area contributed by atoms with Crippen LogP contribution < -0.4 is 15.4 Å². The molecule has 51 heavy (non-hydrogen) atoms. The van der Waals surface area contributed by atoms with E-state index in [0.29, 0.717) is 34.6 Å². The quantitative estimate of drug-likeness (QED) is 0.167. The van der Waals surface area contributed by atoms with Crippen LogP contribution in [0.3, 0.4) is 0 Å². The van der Waals surface area contributed by atoms with Crippen LogP contribution in [0.25, 0.3) is 44.9 Å². The van der Waals surface area contributed by atoms with Gasteiger partial charge in [-0.2, -0.15) is 0 Å². The van der Waals surface area contributed by atoms with Crippen molar-refractivity contribution < 1.29 is 23.2 Å². The Kier molecular flexibility index (Phi) is 6.48. The lowest BCUT2D eigenvalue weighted by Gasteiger charge is -2.28. The van der Waals surface area contributed by atoms with Crippen molar-refractivity contribution in [2.45, 2.75) is 51.3 Å². The van der Waals surface area contributed by atoms with Gasteiger partial charge in [0.1, 0.15) is 22.9 Å². The molecular weight excluding hydrogens is 665 g/mol. The minimum Gasteiger partial charge on any atom is -0.469 e. The van der Waals surface area contributed by atoms with Crippen LogP contribution in [0.2, 0.25) is 0 Å². The first kappa shape index (κ1) is 30.2. The molecule has 3 N–H and O–H groups in total. The molecule has 3 atom stereocenters. The number of thioether (sulfide) groups is 1. The summed E-state index contributed by atoms with van der Waals surface area (Å²) in [4.78, 5) is 44.6. The molecule has 7 heterocycles. The van der Waals surface area contributed by atoms with E-state index in [2.05, 4.69) is 50.9 Å². The monoisotopic (exact) mass is 696 g/mol. The number of amides is 2. The molecule has 0 fully saturated rings. The molecule has 2 amide bonds. The maximum absolute atomic E-state index is 14.0. The highest BCUT2D eigenvalue weighted by Crippen LogP contribution is 2.61. The summed E-state index contributed by atoms with van der Waals surface area (Å²) in [6.45, 7) is 5.97. The maximum Gasteiger partial charge on any atom is 0.305 e. The first-order valence-electron chi connectivity index (χ1n) is 17.2. The number of anilines is 1. The van der Waals surface area contributed by atoms with Gasteiger partial charge in [-0.3, -0.25) is 9.59 Å². The van der Waals surface area contributed by atoms with E-state index in [0.717, 1.165) is 68.2 Å². The van der Waals surface area contributed by atoms with Crippen LogP contribution in [0, 0.1) is 5.92 Å². The summed E-state index contributed by atoms with van der Waals surface area (Å²) >= 11 is 1.10. The van der Waals surface area contributed by atoms with Gasteiger partial charge in [0.25, 0.3) is 5.91 Å². The molecule has 254 valence electrons. The summed E-state index contributed by atoms with van der Waals surface area (Å²) in [7, 11) is 0. The van der Waals surface area contributed by atoms with Gasteiger partial charge in [-0.15, -0.1) is 0 Å². The lowest BCUT2D eigenvalue weighted by atomic mass is 9.72. The first-order valence-corrected chi connectivity index (χ1v) is 18.2. The molecule has 10 bridgehead atoms. The van der Waals surface area contributed by atoms with Crippen LogP contribution >= 0.6 is 11.8 Å². The third kappa shape index (κ3) is 4.22. The third-order valence-electron chi connectivity index (χ3n) is 10.4. The van der Waals surface area contributed by atoms with E-state index < -0.39 is 28.8 Å². The van der Waals surface area contributed by atoms with Crippen molar-refractivity contribution in [3.63, 3.8) is 0 Å². The number of aliphatic imine (C=N–C) groups is 1. The average Bonchev–Trinajstić information content (AvgIpc) is 3.95. The number of carbonyl (C=O) groups is 2. The first-order chi connectivity index (χ1) is 24.8. The van der Waals surface area contributed by atoms with E-state index >= 15 is 0 Å². The Hall–Kier alpha value is -5.62. The minimum atomic E-state index is -1.03. The fourth-order valence-electron chi connectivity index (χ4n) is 8.06. The molecule has 3 aromatic heterocycles. The van der Waals surface area contributed by atoms with Gasteiger partial charge in [0.15, 0.2) is 23.4 Å². The highest BCUT2D eigenvalue weighted by molar-refractivity contribution is 8.13. The molecule has 11 nitrogen and oxygen atoms in total. The van der Waals surface area contributed by atoms with Crippen LogP contribution in [-0.2, 0) is 16.6 Å². The summed E-state index contributed by atoms with van der Waals surface area (Å²) in [5, 5.41) is 7.50. The molecular formula is C39H32N6O5S. The molecule has 10 rings (SSSR count). The van der Waals surface area contributed by atoms with E-state index in [-0.39, 0.29) is 23.9 Å². The number of oxazole rings is 2. The number of hydrogen-bond acceptors (Lipinski definition) is 9. The largest absolute Gasteiger partial charge is 0.469 e. The Morgan fingerprint density at radius 2 is 1.92 bits per heavy atom. The summed E-state index contributed by atoms with van der Waals surface area (Å²) < 4.78 is 20.4. The van der Waals surface area contributed by atoms with Crippen LogP contribution in [-0.4, -0.2) is 43.8 Å². The van der Waals surface area contributed by atoms with Crippen LogP contribution in [0.5, 0.6) is 5.75 Å². The average molecular weight is 697 g/mol. The zero-order valence-electron chi connectivity index (χ0n) is 28.0. The number of H-pyrrole nitrogens is 1. The standard InChI is InChI=1S/C39H32N6O5S/c1-4-13-51-38(47)42-26-15-19-11-12-27-24(14-19)39-23-9-5-8-21(31(23)45-37(39)49-27)20-7-6-10-25-29(20)22(16-40-25)28-17-41-35(48-28)32-33(39)50-36(44-32)30(18(2)3)43-34(26)46/h5-12,14,16-18,30,37,40,45H,4,13,15H2,1-3H3,(H,43,46)/t30-,37?,39?/m0/s1. The molecule has 4 aliphatic heterocycles. The molecule has 2 unspecified atom stereocenters. The van der Waals surface area contributed by atoms with Gasteiger partial charge >= 0.3 is 5.24 Å². The molecule has 4 aliphatic rings. The summed E-state index contributed by atoms with van der Waals surface area (Å²) in [5.41, 5.74) is 6.90. The Bertz CT molecular complexity index is 2490. The highest BCUT2D eigenvalue weighted by Gasteiger charge is 2.61. The number of nitrogens with one attached hydrogen (secondary N) is 3. The van der Waals surface area contributed by atoms with Crippen molar-refractivity contribution in [2.75, 3.05) is 11.1 Å². The SMILES string of the molecule is CCCSC(=O)N=C1Cc2ccc3c(c2)C24c5cccc(c5NC2O3)-c2cccc3[nH]cc(c23)-c2cnc(o2)-c2nc(oc24)[C@H](C(C)C)NC1=O. The minimum absolute atomic E-state index is 0.122. The Morgan fingerprint density at radius 3 is 2.78 bits per heavy atom. The second-order valence-corrected chi connectivity index (χ2v) is 14.8. The van der Waals surface area contributed by atoms with Gasteiger partial charge in [0, 0.05) is 57.2 Å². The topological polar surface area (TPSA) is 148 Å². The van der Waals surface area contributed by atoms with E-state index in [1.165, 1.54) is 0 Å². The number of nitrogens with zero attached hydrogens (tertiary/aromatic N) is 3. The Labute approximate surface area is 296 Å². The number of aromatic amines is 1. The molecule has 3 aromatic carbocycles. The van der Waals surface area contributed by atoms with Crippen molar-refractivity contribution in [2.24, 2.45) is 10.9 Å². The predicted octanol–water partition coefficient (Wildman–Crippen LogP) is 8.01. The van der Waals surface area contributed by atoms with Gasteiger partial charge in [0.2, 0.25) is 11.8 Å². The molecule has 0 saturated heterocycles. The zero-order valence-corrected chi connectivity index (χ0v) is 28.8. The molecule has 0 radical (unpaired) electrons. The predicted molar refractivity (Wildman–Crippen MR) is 194 cm³/mol. The van der Waals surface area contributed by atoms with Crippen molar-refractivity contribution in [3.05, 3.63) is 95.3 Å². The molecule has 12 heteroatoms. The van der Waals surface area contributed by atoms with Crippen molar-refractivity contribution >= 4 is 45.2 Å². The molecule has 1 spiro atoms. The van der Waals surface area contributed by atoms with E-state index in [1.54, 1.807) is 6.20 Å². The lowest BCUT2D eigenvalue weighted by molar-refractivity contribution is -0.116. The normalized spacial score (nSPS) is 21.5. The number of carbonyl (C=O) groups excluding carboxylic acids is 2. The zero-order chi connectivity index (χ0) is 34.6. The van der Waals surface area contributed by atoms with Gasteiger partial charge in [-0.25, -0.2) is 15.0 Å². The van der Waals surface area contributed by atoms with E-state index in [4.69, 9.17) is 23.5 Å². The van der Waals surface area contributed by atoms with E-state index in [9.17, 15) is 9.59 Å². The maximum atomic E-state index is 14.0. The van der Waals surface area contributed by atoms with E-state index in [1.807, 2.05) is 51.2 Å². The van der Waals surface area contributed by atoms with Crippen LogP contribution in [0.4, 0.5) is 10.5 Å². The third-order valence-corrected chi connectivity index (χ3v) is 11.3. The van der Waals surface area contributed by atoms with Gasteiger partial charge in [-0.1, -0.05) is 75.0 Å². The fourth-order valence-corrected chi connectivity index (χ4v) is 8.62. The van der Waals surface area contributed by atoms with Gasteiger partial charge in [-0.05, 0) is 35.6 Å². The van der Waals surface area contributed by atoms with Crippen LogP contribution in [0.15, 0.2) is 80.8 Å². The number of ether oxygens (including phenoxy) is 1. The van der Waals surface area contributed by atoms with Crippen molar-refractivity contribution in [3.8, 4) is 39.8 Å². The highest BCUT2D eigenvalue weighted by atomic mass is 32.2. The summed E-state index contributed by atoms with van der Waals surface area (Å²) in [6.07, 6.45) is 4.00. The van der Waals surface area contributed by atoms with Crippen LogP contribution in [0.1, 0.15) is 61.6 Å². The van der Waals surface area contributed by atoms with Crippen molar-refractivity contribution in [1.29, 1.82) is 0 Å². The number of fused-ring (bicyclic) bond motifs is 7. The number of para-hydroxylation sites is 1. The second kappa shape index (κ2) is 10.9. The number of aromatic nitrogens is 3. The molecule has 6 aromatic rings. The fraction of sp³-hybridized carbons (Fsp3) is 0.256. The Balaban J connectivity index is 1.30. The van der Waals surface area contributed by atoms with Gasteiger partial charge < -0.3 is 29.2 Å². The summed E-state index contributed by atoms with van der Waals surface area (Å²) in [5.74, 6) is 2.35. The Morgan fingerprint density at radius 1 is 1.06 bits per heavy atom. The smallest absolute Gasteiger partial charge is 0.305 e. The molecule has 0 saturated carbocycles. The number of benzene rings is 3. The number of hydrogen-bond donors (Lipinski definition) is 3. The van der Waals surface area contributed by atoms with Gasteiger partial charge in [0.05, 0.1) is 6.20 Å². The molecule has 0 aliphatic carbocycles. The summed E-state index contributed by atoms with van der Waals surface area (Å²) in [6, 6.07) is 17.7. The number of rotatable bonds is 3. The second-order valence-electron chi connectivity index (χ2n) is 13.7. The van der Waals surface area contributed by atoms with Crippen molar-refractivity contribution in [1.82, 2.24) is 20.3 Å².